The van der Waals surface area contributed by atoms with Gasteiger partial charge in [-0.1, -0.05) is 0 Å². The van der Waals surface area contributed by atoms with Gasteiger partial charge in [0.15, 0.2) is 0 Å². The molecule has 74 valence electrons. The van der Waals surface area contributed by atoms with E-state index in [1.807, 2.05) is 4.90 Å². The summed E-state index contributed by atoms with van der Waals surface area (Å²) >= 11 is 0. The molecule has 0 aromatic heterocycles. The Balaban J connectivity index is 0.000000653. The van der Waals surface area contributed by atoms with E-state index in [0.29, 0.717) is 12.1 Å². The van der Waals surface area contributed by atoms with Crippen LogP contribution in [0.5, 0.6) is 0 Å². The van der Waals surface area contributed by atoms with Crippen LogP contribution in [0.4, 0.5) is 4.79 Å². The Kier molecular flexibility index (Phi) is 2.12. The van der Waals surface area contributed by atoms with Gasteiger partial charge in [-0.15, -0.1) is 12.4 Å². The number of hydrogen-bond donors (Lipinski definition) is 1. The number of hydrogen-bond acceptors (Lipinski definition) is 3. The normalized spacial score (nSPS) is 36.9. The van der Waals surface area contributed by atoms with Crippen molar-refractivity contribution in [3.05, 3.63) is 0 Å². The Morgan fingerprint density at radius 1 is 1.38 bits per heavy atom. The maximum absolute atomic E-state index is 11.3. The van der Waals surface area contributed by atoms with Crippen LogP contribution in [-0.2, 0) is 4.74 Å². The second-order valence-corrected chi connectivity index (χ2v) is 3.79. The minimum atomic E-state index is -0.0889. The predicted molar refractivity (Wildman–Crippen MR) is 49.0 cm³/mol. The third-order valence-electron chi connectivity index (χ3n) is 2.89. The standard InChI is InChI=1S/C8H12N2O2.ClH/c11-8-10(5-1-2-5)6-3-9-4-7(6)12-8;/h5-7,9H,1-4H2;1H. The van der Waals surface area contributed by atoms with Gasteiger partial charge in [-0.2, -0.15) is 0 Å². The third-order valence-corrected chi connectivity index (χ3v) is 2.89. The SMILES string of the molecule is Cl.O=C1OC2CNCC2N1C1CC1. The zero-order valence-corrected chi connectivity index (χ0v) is 8.05. The van der Waals surface area contributed by atoms with Crippen molar-refractivity contribution in [1.82, 2.24) is 10.2 Å². The lowest BCUT2D eigenvalue weighted by Crippen LogP contribution is -2.38. The molecule has 0 spiro atoms. The van der Waals surface area contributed by atoms with Crippen molar-refractivity contribution in [1.29, 1.82) is 0 Å². The Labute approximate surface area is 83.0 Å². The van der Waals surface area contributed by atoms with Gasteiger partial charge in [-0.25, -0.2) is 4.79 Å². The molecule has 1 aliphatic carbocycles. The fraction of sp³-hybridized carbons (Fsp3) is 0.875. The summed E-state index contributed by atoms with van der Waals surface area (Å²) in [6.45, 7) is 1.74. The lowest BCUT2D eigenvalue weighted by atomic mass is 10.2. The second-order valence-electron chi connectivity index (χ2n) is 3.79. The van der Waals surface area contributed by atoms with E-state index in [1.54, 1.807) is 0 Å². The van der Waals surface area contributed by atoms with Crippen molar-refractivity contribution in [2.75, 3.05) is 13.1 Å². The molecule has 13 heavy (non-hydrogen) atoms. The number of carbonyl (C=O) groups is 1. The van der Waals surface area contributed by atoms with E-state index in [2.05, 4.69) is 5.32 Å². The van der Waals surface area contributed by atoms with Gasteiger partial charge in [-0.05, 0) is 12.8 Å². The number of rotatable bonds is 1. The largest absolute Gasteiger partial charge is 0.442 e. The van der Waals surface area contributed by atoms with E-state index < -0.39 is 0 Å². The number of nitrogens with zero attached hydrogens (tertiary/aromatic N) is 1. The van der Waals surface area contributed by atoms with Crippen LogP contribution in [0.15, 0.2) is 0 Å². The first-order chi connectivity index (χ1) is 5.86. The van der Waals surface area contributed by atoms with Crippen LogP contribution >= 0.6 is 12.4 Å². The molecule has 0 bridgehead atoms. The predicted octanol–water partition coefficient (Wildman–Crippen LogP) is 0.363. The highest BCUT2D eigenvalue weighted by atomic mass is 35.5. The number of halogens is 1. The second kappa shape index (κ2) is 3.03. The van der Waals surface area contributed by atoms with Crippen LogP contribution in [0.3, 0.4) is 0 Å². The van der Waals surface area contributed by atoms with Crippen LogP contribution in [0.1, 0.15) is 12.8 Å². The van der Waals surface area contributed by atoms with Crippen LogP contribution in [0.2, 0.25) is 0 Å². The minimum Gasteiger partial charge on any atom is -0.442 e. The zero-order valence-electron chi connectivity index (χ0n) is 7.23. The fourth-order valence-corrected chi connectivity index (χ4v) is 2.14. The van der Waals surface area contributed by atoms with Crippen LogP contribution in [-0.4, -0.2) is 42.3 Å². The smallest absolute Gasteiger partial charge is 0.410 e. The molecule has 1 N–H and O–H groups in total. The van der Waals surface area contributed by atoms with Gasteiger partial charge in [0.2, 0.25) is 0 Å². The van der Waals surface area contributed by atoms with Gasteiger partial charge in [0.25, 0.3) is 0 Å². The number of amides is 1. The minimum absolute atomic E-state index is 0. The van der Waals surface area contributed by atoms with Gasteiger partial charge in [0.1, 0.15) is 6.10 Å². The number of carbonyl (C=O) groups excluding carboxylic acids is 1. The molecule has 2 aliphatic heterocycles. The van der Waals surface area contributed by atoms with E-state index in [9.17, 15) is 4.79 Å². The highest BCUT2D eigenvalue weighted by Gasteiger charge is 2.50. The summed E-state index contributed by atoms with van der Waals surface area (Å²) < 4.78 is 5.22. The molecule has 1 saturated carbocycles. The monoisotopic (exact) mass is 204 g/mol. The average Bonchev–Trinajstić information content (AvgIpc) is 2.66. The Hall–Kier alpha value is -0.480. The molecule has 2 unspecified atom stereocenters. The molecule has 0 aromatic carbocycles. The summed E-state index contributed by atoms with van der Waals surface area (Å²) in [6.07, 6.45) is 2.36. The van der Waals surface area contributed by atoms with E-state index >= 15 is 0 Å². The molecule has 0 radical (unpaired) electrons. The average molecular weight is 205 g/mol. The van der Waals surface area contributed by atoms with Gasteiger partial charge >= 0.3 is 6.09 Å². The van der Waals surface area contributed by atoms with Crippen molar-refractivity contribution in [3.63, 3.8) is 0 Å². The molecule has 3 fully saturated rings. The summed E-state index contributed by atoms with van der Waals surface area (Å²) in [5, 5.41) is 3.24. The van der Waals surface area contributed by atoms with E-state index in [4.69, 9.17) is 4.74 Å². The zero-order chi connectivity index (χ0) is 8.13. The molecule has 2 heterocycles. The summed E-state index contributed by atoms with van der Waals surface area (Å²) in [6, 6.07) is 0.817. The first-order valence-electron chi connectivity index (χ1n) is 4.56. The Morgan fingerprint density at radius 3 is 2.85 bits per heavy atom. The van der Waals surface area contributed by atoms with E-state index in [0.717, 1.165) is 13.1 Å². The topological polar surface area (TPSA) is 41.6 Å². The lowest BCUT2D eigenvalue weighted by molar-refractivity contribution is 0.133. The van der Waals surface area contributed by atoms with E-state index in [1.165, 1.54) is 12.8 Å². The van der Waals surface area contributed by atoms with Crippen LogP contribution in [0.25, 0.3) is 0 Å². The molecule has 3 rings (SSSR count). The molecular formula is C8H13ClN2O2. The number of fused-ring (bicyclic) bond motifs is 1. The molecule has 3 aliphatic rings. The Bertz CT molecular complexity index is 232. The van der Waals surface area contributed by atoms with Gasteiger partial charge < -0.3 is 10.1 Å². The quantitative estimate of drug-likeness (QED) is 0.671. The first kappa shape index (κ1) is 9.09. The van der Waals surface area contributed by atoms with Gasteiger partial charge in [0.05, 0.1) is 6.04 Å². The fourth-order valence-electron chi connectivity index (χ4n) is 2.14. The molecule has 5 heteroatoms. The summed E-state index contributed by atoms with van der Waals surface area (Å²) in [7, 11) is 0. The van der Waals surface area contributed by atoms with Crippen LogP contribution in [0, 0.1) is 0 Å². The molecule has 2 atom stereocenters. The summed E-state index contributed by atoms with van der Waals surface area (Å²) in [5.41, 5.74) is 0. The molecule has 4 nitrogen and oxygen atoms in total. The van der Waals surface area contributed by atoms with Crippen molar-refractivity contribution in [2.45, 2.75) is 31.0 Å². The van der Waals surface area contributed by atoms with Crippen molar-refractivity contribution >= 4 is 18.5 Å². The summed E-state index contributed by atoms with van der Waals surface area (Å²) in [5.74, 6) is 0. The number of nitrogens with one attached hydrogen (secondary N) is 1. The van der Waals surface area contributed by atoms with Crippen LogP contribution < -0.4 is 5.32 Å². The Morgan fingerprint density at radius 2 is 2.15 bits per heavy atom. The first-order valence-corrected chi connectivity index (χ1v) is 4.56. The molecular weight excluding hydrogens is 192 g/mol. The highest BCUT2D eigenvalue weighted by Crippen LogP contribution is 2.35. The lowest BCUT2D eigenvalue weighted by Gasteiger charge is -2.18. The van der Waals surface area contributed by atoms with Crippen molar-refractivity contribution in [2.24, 2.45) is 0 Å². The number of ether oxygens (including phenoxy) is 1. The van der Waals surface area contributed by atoms with Gasteiger partial charge in [0, 0.05) is 19.1 Å². The van der Waals surface area contributed by atoms with Crippen molar-refractivity contribution < 1.29 is 9.53 Å². The van der Waals surface area contributed by atoms with Crippen molar-refractivity contribution in [3.8, 4) is 0 Å². The summed E-state index contributed by atoms with van der Waals surface area (Å²) in [4.78, 5) is 13.3. The molecule has 0 aromatic rings. The van der Waals surface area contributed by atoms with E-state index in [-0.39, 0.29) is 24.6 Å². The molecule has 2 saturated heterocycles. The molecule has 1 amide bonds. The third kappa shape index (κ3) is 1.28. The van der Waals surface area contributed by atoms with Gasteiger partial charge in [-0.3, -0.25) is 4.90 Å². The highest BCUT2D eigenvalue weighted by molar-refractivity contribution is 5.85. The maximum Gasteiger partial charge on any atom is 0.410 e. The maximum atomic E-state index is 11.3.